The van der Waals surface area contributed by atoms with Gasteiger partial charge in [-0.15, -0.1) is 6.58 Å². The molecule has 0 aromatic heterocycles. The summed E-state index contributed by atoms with van der Waals surface area (Å²) in [7, 11) is 0. The normalized spacial score (nSPS) is 12.7. The van der Waals surface area contributed by atoms with Crippen molar-refractivity contribution in [2.24, 2.45) is 5.73 Å². The fourth-order valence-electron chi connectivity index (χ4n) is 4.93. The van der Waals surface area contributed by atoms with E-state index in [4.69, 9.17) is 26.8 Å². The van der Waals surface area contributed by atoms with Gasteiger partial charge in [0.1, 0.15) is 11.2 Å². The van der Waals surface area contributed by atoms with Crippen molar-refractivity contribution in [3.63, 3.8) is 0 Å². The lowest BCUT2D eigenvalue weighted by atomic mass is 9.88. The van der Waals surface area contributed by atoms with E-state index in [1.165, 1.54) is 0 Å². The summed E-state index contributed by atoms with van der Waals surface area (Å²) in [6.07, 6.45) is 2.60. The lowest BCUT2D eigenvalue weighted by molar-refractivity contribution is 0.00699. The minimum absolute atomic E-state index is 0.0629. The summed E-state index contributed by atoms with van der Waals surface area (Å²) < 4.78 is 11.3. The van der Waals surface area contributed by atoms with E-state index in [0.717, 1.165) is 21.7 Å². The van der Waals surface area contributed by atoms with E-state index >= 15 is 0 Å². The number of hydrogen-bond acceptors (Lipinski definition) is 7. The first-order valence-electron chi connectivity index (χ1n) is 14.6. The summed E-state index contributed by atoms with van der Waals surface area (Å²) in [6, 6.07) is 10.2. The number of halogens is 1. The highest BCUT2D eigenvalue weighted by Crippen LogP contribution is 2.40. The number of carbonyl (C=O) groups excluding carboxylic acids is 3. The molecule has 1 atom stereocenters. The highest BCUT2D eigenvalue weighted by molar-refractivity contribution is 6.42. The molecule has 43 heavy (non-hydrogen) atoms. The Morgan fingerprint density at radius 1 is 0.953 bits per heavy atom. The Bertz CT molecular complexity index is 1500. The van der Waals surface area contributed by atoms with Crippen molar-refractivity contribution >= 4 is 51.0 Å². The number of Topliss-reactive ketones (excluding diaryl/α,β-unsaturated/α-hetero) is 1. The van der Waals surface area contributed by atoms with Crippen molar-refractivity contribution in [2.75, 3.05) is 13.1 Å². The van der Waals surface area contributed by atoms with E-state index in [1.54, 1.807) is 53.7 Å². The van der Waals surface area contributed by atoms with E-state index in [0.29, 0.717) is 49.3 Å². The van der Waals surface area contributed by atoms with Gasteiger partial charge in [-0.25, -0.2) is 9.59 Å². The van der Waals surface area contributed by atoms with Gasteiger partial charge in [0.25, 0.3) is 0 Å². The van der Waals surface area contributed by atoms with E-state index < -0.39 is 35.1 Å². The Morgan fingerprint density at radius 3 is 2.21 bits per heavy atom. The van der Waals surface area contributed by atoms with Gasteiger partial charge < -0.3 is 25.8 Å². The van der Waals surface area contributed by atoms with Gasteiger partial charge in [0.2, 0.25) is 0 Å². The highest BCUT2D eigenvalue weighted by Gasteiger charge is 2.32. The number of carbonyl (C=O) groups is 3. The number of benzene rings is 3. The van der Waals surface area contributed by atoms with Crippen LogP contribution in [-0.2, 0) is 16.0 Å². The Morgan fingerprint density at radius 2 is 1.60 bits per heavy atom. The molecule has 1 amide bonds. The predicted octanol–water partition coefficient (Wildman–Crippen LogP) is 7.08. The molecule has 0 bridgehead atoms. The summed E-state index contributed by atoms with van der Waals surface area (Å²) in [5.41, 5.74) is 5.20. The Labute approximate surface area is 259 Å². The SMILES string of the molecule is C=CCNCc1c2ccccc2c(Cl)c2c(C(=O)OC(C)(C)C)c(C(=O)[C@H](CCCCN)NC(=O)OC(C)(C)C)ccc12. The minimum atomic E-state index is -0.965. The van der Waals surface area contributed by atoms with E-state index in [-0.39, 0.29) is 11.1 Å². The quantitative estimate of drug-likeness (QED) is 0.0659. The number of nitrogens with one attached hydrogen (secondary N) is 2. The minimum Gasteiger partial charge on any atom is -0.456 e. The maximum atomic E-state index is 14.3. The predicted molar refractivity (Wildman–Crippen MR) is 174 cm³/mol. The molecule has 0 unspecified atom stereocenters. The third-order valence-electron chi connectivity index (χ3n) is 6.65. The second kappa shape index (κ2) is 14.3. The molecule has 4 N–H and O–H groups in total. The van der Waals surface area contributed by atoms with Crippen LogP contribution in [0.2, 0.25) is 5.02 Å². The van der Waals surface area contributed by atoms with Crippen molar-refractivity contribution in [1.29, 1.82) is 0 Å². The molecule has 0 aliphatic rings. The van der Waals surface area contributed by atoms with Gasteiger partial charge >= 0.3 is 12.1 Å². The van der Waals surface area contributed by atoms with E-state index in [1.807, 2.05) is 30.3 Å². The molecule has 3 rings (SSSR count). The largest absolute Gasteiger partial charge is 0.456 e. The molecule has 0 fully saturated rings. The van der Waals surface area contributed by atoms with Crippen molar-refractivity contribution < 1.29 is 23.9 Å². The summed E-state index contributed by atoms with van der Waals surface area (Å²) in [5, 5.41) is 9.23. The number of amides is 1. The second-order valence-corrected chi connectivity index (χ2v) is 12.9. The standard InChI is InChI=1S/C34H44ClN3O5/c1-8-19-37-20-25-21-13-9-10-14-23(21)29(35)27-22(25)16-17-24(28(27)31(40)42-33(2,3)4)30(39)26(15-11-12-18-36)38-32(41)43-34(5,6)7/h8-10,13-14,16-17,26,37H,1,11-12,15,18-20,36H2,2-7H3,(H,38,41)/t26-/m0/s1. The lowest BCUT2D eigenvalue weighted by Crippen LogP contribution is -2.44. The van der Waals surface area contributed by atoms with Crippen LogP contribution < -0.4 is 16.4 Å². The summed E-state index contributed by atoms with van der Waals surface area (Å²) >= 11 is 7.08. The van der Waals surface area contributed by atoms with Crippen molar-refractivity contribution in [1.82, 2.24) is 10.6 Å². The van der Waals surface area contributed by atoms with Gasteiger partial charge in [-0.05, 0) is 89.8 Å². The summed E-state index contributed by atoms with van der Waals surface area (Å²) in [6.45, 7) is 15.8. The van der Waals surface area contributed by atoms with E-state index in [2.05, 4.69) is 17.2 Å². The van der Waals surface area contributed by atoms with Crippen molar-refractivity contribution in [3.8, 4) is 0 Å². The van der Waals surface area contributed by atoms with Crippen LogP contribution >= 0.6 is 11.6 Å². The smallest absolute Gasteiger partial charge is 0.408 e. The first kappa shape index (κ1) is 34.0. The second-order valence-electron chi connectivity index (χ2n) is 12.5. The molecule has 0 spiro atoms. The van der Waals surface area contributed by atoms with Crippen LogP contribution in [-0.4, -0.2) is 48.2 Å². The van der Waals surface area contributed by atoms with Gasteiger partial charge in [0.15, 0.2) is 5.78 Å². The number of unbranched alkanes of at least 4 members (excludes halogenated alkanes) is 1. The third kappa shape index (κ3) is 8.78. The number of esters is 1. The number of rotatable bonds is 12. The Kier molecular flexibility index (Phi) is 11.4. The Hall–Kier alpha value is -3.46. The first-order chi connectivity index (χ1) is 20.2. The van der Waals surface area contributed by atoms with Crippen LogP contribution in [0, 0.1) is 0 Å². The molecule has 8 nitrogen and oxygen atoms in total. The monoisotopic (exact) mass is 609 g/mol. The van der Waals surface area contributed by atoms with Crippen molar-refractivity contribution in [2.45, 2.75) is 84.6 Å². The molecule has 3 aromatic rings. The van der Waals surface area contributed by atoms with Crippen LogP contribution in [0.15, 0.2) is 49.1 Å². The van der Waals surface area contributed by atoms with Crippen LogP contribution in [0.5, 0.6) is 0 Å². The van der Waals surface area contributed by atoms with Gasteiger partial charge in [0, 0.05) is 29.4 Å². The molecule has 0 saturated carbocycles. The Balaban J connectivity index is 2.31. The van der Waals surface area contributed by atoms with Gasteiger partial charge in [-0.2, -0.15) is 0 Å². The lowest BCUT2D eigenvalue weighted by Gasteiger charge is -2.25. The maximum absolute atomic E-state index is 14.3. The number of ketones is 1. The van der Waals surface area contributed by atoms with Crippen molar-refractivity contribution in [3.05, 3.63) is 70.8 Å². The zero-order valence-electron chi connectivity index (χ0n) is 26.1. The fraction of sp³-hybridized carbons (Fsp3) is 0.441. The zero-order chi connectivity index (χ0) is 31.9. The first-order valence-corrected chi connectivity index (χ1v) is 15.0. The summed E-state index contributed by atoms with van der Waals surface area (Å²) in [5.74, 6) is -1.12. The number of hydrogen-bond donors (Lipinski definition) is 3. The molecule has 0 aliphatic carbocycles. The molecule has 0 heterocycles. The molecule has 0 aliphatic heterocycles. The molecule has 9 heteroatoms. The average molecular weight is 610 g/mol. The number of ether oxygens (including phenoxy) is 2. The van der Waals surface area contributed by atoms with Crippen LogP contribution in [0.4, 0.5) is 4.79 Å². The zero-order valence-corrected chi connectivity index (χ0v) is 26.8. The third-order valence-corrected chi connectivity index (χ3v) is 7.04. The number of fused-ring (bicyclic) bond motifs is 2. The topological polar surface area (TPSA) is 120 Å². The van der Waals surface area contributed by atoms with E-state index in [9.17, 15) is 14.4 Å². The van der Waals surface area contributed by atoms with Crippen LogP contribution in [0.3, 0.4) is 0 Å². The highest BCUT2D eigenvalue weighted by atomic mass is 35.5. The number of nitrogens with two attached hydrogens (primary N) is 1. The average Bonchev–Trinajstić information content (AvgIpc) is 2.91. The maximum Gasteiger partial charge on any atom is 0.408 e. The molecular weight excluding hydrogens is 566 g/mol. The molecule has 232 valence electrons. The summed E-state index contributed by atoms with van der Waals surface area (Å²) in [4.78, 5) is 41.0. The molecule has 3 aromatic carbocycles. The molecule has 0 saturated heterocycles. The fourth-order valence-corrected chi connectivity index (χ4v) is 5.30. The van der Waals surface area contributed by atoms with Gasteiger partial charge in [-0.3, -0.25) is 4.79 Å². The molecular formula is C34H44ClN3O5. The van der Waals surface area contributed by atoms with Crippen LogP contribution in [0.1, 0.15) is 87.1 Å². The van der Waals surface area contributed by atoms with Gasteiger partial charge in [0.05, 0.1) is 16.6 Å². The number of alkyl carbamates (subject to hydrolysis) is 1. The molecule has 0 radical (unpaired) electrons. The van der Waals surface area contributed by atoms with Crippen LogP contribution in [0.25, 0.3) is 21.5 Å². The van der Waals surface area contributed by atoms with Gasteiger partial charge in [-0.1, -0.05) is 48.0 Å².